The van der Waals surface area contributed by atoms with Crippen LogP contribution in [0.5, 0.6) is 0 Å². The highest BCUT2D eigenvalue weighted by molar-refractivity contribution is 9.10. The number of imidazole rings is 1. The predicted molar refractivity (Wildman–Crippen MR) is 79.0 cm³/mol. The van der Waals surface area contributed by atoms with E-state index < -0.39 is 0 Å². The van der Waals surface area contributed by atoms with Crippen LogP contribution in [0.15, 0.2) is 16.6 Å². The molecule has 1 unspecified atom stereocenters. The molecule has 0 aliphatic heterocycles. The Morgan fingerprint density at radius 1 is 1.53 bits per heavy atom. The minimum absolute atomic E-state index is 0.184. The number of rotatable bonds is 3. The molecule has 2 nitrogen and oxygen atoms in total. The Morgan fingerprint density at radius 3 is 2.79 bits per heavy atom. The van der Waals surface area contributed by atoms with Crippen LogP contribution in [0.1, 0.15) is 37.9 Å². The molecule has 3 rings (SSSR count). The highest BCUT2D eigenvalue weighted by Gasteiger charge is 2.38. The molecule has 0 amide bonds. The standard InChI is InChI=1S/C14H15BrClFN2/c1-8(16)13-18-11-5-9(15)10(17)6-12(11)19(13)7-14(2)3-4-14/h5-6,8H,3-4,7H2,1-2H3. The van der Waals surface area contributed by atoms with Crippen molar-refractivity contribution in [3.05, 3.63) is 28.2 Å². The smallest absolute Gasteiger partial charge is 0.139 e. The van der Waals surface area contributed by atoms with Crippen molar-refractivity contribution in [1.82, 2.24) is 9.55 Å². The van der Waals surface area contributed by atoms with Crippen molar-refractivity contribution in [3.8, 4) is 0 Å². The van der Waals surface area contributed by atoms with E-state index in [1.807, 2.05) is 6.92 Å². The van der Waals surface area contributed by atoms with Crippen LogP contribution in [0, 0.1) is 11.2 Å². The Morgan fingerprint density at radius 2 is 2.21 bits per heavy atom. The lowest BCUT2D eigenvalue weighted by Crippen LogP contribution is -2.11. The molecule has 1 aliphatic carbocycles. The monoisotopic (exact) mass is 344 g/mol. The maximum absolute atomic E-state index is 13.8. The second-order valence-corrected chi connectivity index (χ2v) is 7.25. The molecule has 0 saturated heterocycles. The molecule has 0 spiro atoms. The fraction of sp³-hybridized carbons (Fsp3) is 0.500. The summed E-state index contributed by atoms with van der Waals surface area (Å²) in [6, 6.07) is 3.26. The maximum atomic E-state index is 13.8. The molecule has 1 atom stereocenters. The van der Waals surface area contributed by atoms with Gasteiger partial charge in [0.1, 0.15) is 11.6 Å². The summed E-state index contributed by atoms with van der Waals surface area (Å²) < 4.78 is 16.3. The van der Waals surface area contributed by atoms with Crippen molar-refractivity contribution in [1.29, 1.82) is 0 Å². The molecule has 0 bridgehead atoms. The minimum atomic E-state index is -0.261. The third-order valence-corrected chi connectivity index (χ3v) is 4.62. The quantitative estimate of drug-likeness (QED) is 0.713. The van der Waals surface area contributed by atoms with Gasteiger partial charge >= 0.3 is 0 Å². The van der Waals surface area contributed by atoms with Gasteiger partial charge in [0.05, 0.1) is 20.9 Å². The second kappa shape index (κ2) is 4.45. The van der Waals surface area contributed by atoms with Crippen molar-refractivity contribution in [3.63, 3.8) is 0 Å². The highest BCUT2D eigenvalue weighted by Crippen LogP contribution is 2.47. The fourth-order valence-corrected chi connectivity index (χ4v) is 2.86. The number of alkyl halides is 1. The zero-order valence-corrected chi connectivity index (χ0v) is 13.2. The lowest BCUT2D eigenvalue weighted by atomic mass is 10.1. The van der Waals surface area contributed by atoms with Gasteiger partial charge in [0, 0.05) is 12.6 Å². The molecule has 0 radical (unpaired) electrons. The lowest BCUT2D eigenvalue weighted by Gasteiger charge is -2.15. The van der Waals surface area contributed by atoms with E-state index in [1.165, 1.54) is 12.8 Å². The summed E-state index contributed by atoms with van der Waals surface area (Å²) in [5.41, 5.74) is 1.94. The normalized spacial score (nSPS) is 18.8. The zero-order valence-electron chi connectivity index (χ0n) is 10.9. The van der Waals surface area contributed by atoms with E-state index in [1.54, 1.807) is 12.1 Å². The van der Waals surface area contributed by atoms with Crippen LogP contribution in [0.4, 0.5) is 4.39 Å². The second-order valence-electron chi connectivity index (χ2n) is 5.74. The third kappa shape index (κ3) is 2.40. The van der Waals surface area contributed by atoms with E-state index in [0.29, 0.717) is 9.89 Å². The van der Waals surface area contributed by atoms with Gasteiger partial charge in [-0.15, -0.1) is 11.6 Å². The average Bonchev–Trinajstić information content (AvgIpc) is 2.96. The number of hydrogen-bond donors (Lipinski definition) is 0. The predicted octanol–water partition coefficient (Wildman–Crippen LogP) is 5.04. The molecule has 19 heavy (non-hydrogen) atoms. The Kier molecular flexibility index (Phi) is 3.13. The molecule has 1 fully saturated rings. The maximum Gasteiger partial charge on any atom is 0.139 e. The van der Waals surface area contributed by atoms with Crippen LogP contribution in [0.25, 0.3) is 11.0 Å². The first-order chi connectivity index (χ1) is 8.89. The van der Waals surface area contributed by atoms with Crippen molar-refractivity contribution in [2.24, 2.45) is 5.41 Å². The van der Waals surface area contributed by atoms with Crippen LogP contribution in [0.2, 0.25) is 0 Å². The van der Waals surface area contributed by atoms with Crippen LogP contribution < -0.4 is 0 Å². The molecule has 1 aromatic heterocycles. The molecule has 5 heteroatoms. The fourth-order valence-electron chi connectivity index (χ4n) is 2.36. The summed E-state index contributed by atoms with van der Waals surface area (Å²) >= 11 is 9.42. The summed E-state index contributed by atoms with van der Waals surface area (Å²) in [7, 11) is 0. The Bertz CT molecular complexity index is 646. The van der Waals surface area contributed by atoms with Crippen molar-refractivity contribution in [2.45, 2.75) is 38.6 Å². The van der Waals surface area contributed by atoms with E-state index in [4.69, 9.17) is 11.6 Å². The first-order valence-electron chi connectivity index (χ1n) is 6.39. The van der Waals surface area contributed by atoms with Gasteiger partial charge in [-0.2, -0.15) is 0 Å². The van der Waals surface area contributed by atoms with Crippen LogP contribution in [-0.4, -0.2) is 9.55 Å². The molecular formula is C14H15BrClFN2. The van der Waals surface area contributed by atoms with Crippen LogP contribution >= 0.6 is 27.5 Å². The van der Waals surface area contributed by atoms with E-state index in [-0.39, 0.29) is 11.2 Å². The van der Waals surface area contributed by atoms with E-state index >= 15 is 0 Å². The number of aromatic nitrogens is 2. The van der Waals surface area contributed by atoms with Gasteiger partial charge in [-0.05, 0) is 47.2 Å². The van der Waals surface area contributed by atoms with Crippen molar-refractivity contribution < 1.29 is 4.39 Å². The Balaban J connectivity index is 2.19. The van der Waals surface area contributed by atoms with E-state index in [2.05, 4.69) is 32.4 Å². The molecule has 1 aromatic carbocycles. The van der Waals surface area contributed by atoms with Gasteiger partial charge < -0.3 is 4.57 Å². The summed E-state index contributed by atoms with van der Waals surface area (Å²) in [6.45, 7) is 5.01. The molecule has 2 aromatic rings. The number of nitrogens with zero attached hydrogens (tertiary/aromatic N) is 2. The van der Waals surface area contributed by atoms with E-state index in [0.717, 1.165) is 23.4 Å². The minimum Gasteiger partial charge on any atom is -0.326 e. The summed E-state index contributed by atoms with van der Waals surface area (Å²) in [6.07, 6.45) is 2.42. The van der Waals surface area contributed by atoms with Gasteiger partial charge in [0.15, 0.2) is 0 Å². The Hall–Kier alpha value is -0.610. The number of fused-ring (bicyclic) bond motifs is 1. The molecule has 1 saturated carbocycles. The summed E-state index contributed by atoms with van der Waals surface area (Å²) in [4.78, 5) is 4.56. The zero-order chi connectivity index (χ0) is 13.8. The first kappa shape index (κ1) is 13.4. The molecule has 1 heterocycles. The first-order valence-corrected chi connectivity index (χ1v) is 7.62. The molecule has 102 valence electrons. The molecule has 0 N–H and O–H groups in total. The summed E-state index contributed by atoms with van der Waals surface area (Å²) in [5.74, 6) is 0.561. The SMILES string of the molecule is CC(Cl)c1nc2cc(Br)c(F)cc2n1CC1(C)CC1. The topological polar surface area (TPSA) is 17.8 Å². The van der Waals surface area contributed by atoms with Gasteiger partial charge in [-0.1, -0.05) is 6.92 Å². The number of benzene rings is 1. The molecular weight excluding hydrogens is 331 g/mol. The molecule has 1 aliphatic rings. The van der Waals surface area contributed by atoms with Crippen LogP contribution in [-0.2, 0) is 6.54 Å². The lowest BCUT2D eigenvalue weighted by molar-refractivity contribution is 0.460. The largest absolute Gasteiger partial charge is 0.326 e. The highest BCUT2D eigenvalue weighted by atomic mass is 79.9. The average molecular weight is 346 g/mol. The van der Waals surface area contributed by atoms with Gasteiger partial charge in [0.2, 0.25) is 0 Å². The van der Waals surface area contributed by atoms with Gasteiger partial charge in [-0.25, -0.2) is 9.37 Å². The Labute approximate surface area is 125 Å². The van der Waals surface area contributed by atoms with Gasteiger partial charge in [0.25, 0.3) is 0 Å². The van der Waals surface area contributed by atoms with Crippen molar-refractivity contribution in [2.75, 3.05) is 0 Å². The summed E-state index contributed by atoms with van der Waals surface area (Å²) in [5, 5.41) is -0.184. The van der Waals surface area contributed by atoms with Crippen molar-refractivity contribution >= 4 is 38.6 Å². The van der Waals surface area contributed by atoms with Crippen LogP contribution in [0.3, 0.4) is 0 Å². The van der Waals surface area contributed by atoms with E-state index in [9.17, 15) is 4.39 Å². The van der Waals surface area contributed by atoms with Gasteiger partial charge in [-0.3, -0.25) is 0 Å². The number of hydrogen-bond acceptors (Lipinski definition) is 1. The third-order valence-electron chi connectivity index (χ3n) is 3.82. The number of halogens is 3.